The molecule has 0 atom stereocenters. The van der Waals surface area contributed by atoms with E-state index in [9.17, 15) is 9.59 Å². The van der Waals surface area contributed by atoms with Crippen LogP contribution in [0.2, 0.25) is 0 Å². The zero-order chi connectivity index (χ0) is 15.4. The highest BCUT2D eigenvalue weighted by atomic mass is 16.5. The van der Waals surface area contributed by atoms with Gasteiger partial charge in [0.05, 0.1) is 6.10 Å². The number of nitrogens with zero attached hydrogens (tertiary/aromatic N) is 1. The SMILES string of the molecule is O=C(Nc1cccc(OC2CCCC2)c1)c1ccc(=O)[nH]n1. The maximum absolute atomic E-state index is 12.0. The zero-order valence-corrected chi connectivity index (χ0v) is 12.0. The smallest absolute Gasteiger partial charge is 0.276 e. The molecule has 0 radical (unpaired) electrons. The lowest BCUT2D eigenvalue weighted by molar-refractivity contribution is 0.102. The summed E-state index contributed by atoms with van der Waals surface area (Å²) >= 11 is 0. The number of ether oxygens (including phenoxy) is 1. The molecule has 2 N–H and O–H groups in total. The average Bonchev–Trinajstić information content (AvgIpc) is 3.01. The Hall–Kier alpha value is -2.63. The lowest BCUT2D eigenvalue weighted by atomic mass is 10.2. The number of hydrogen-bond donors (Lipinski definition) is 2. The van der Waals surface area contributed by atoms with Crippen molar-refractivity contribution in [3.63, 3.8) is 0 Å². The molecule has 1 saturated carbocycles. The van der Waals surface area contributed by atoms with E-state index in [0.717, 1.165) is 18.6 Å². The summed E-state index contributed by atoms with van der Waals surface area (Å²) in [7, 11) is 0. The van der Waals surface area contributed by atoms with Gasteiger partial charge in [0.2, 0.25) is 0 Å². The molecule has 1 fully saturated rings. The van der Waals surface area contributed by atoms with Gasteiger partial charge in [-0.25, -0.2) is 5.10 Å². The summed E-state index contributed by atoms with van der Waals surface area (Å²) in [5, 5.41) is 8.67. The number of H-pyrrole nitrogens is 1. The van der Waals surface area contributed by atoms with Gasteiger partial charge in [-0.1, -0.05) is 6.07 Å². The quantitative estimate of drug-likeness (QED) is 0.907. The van der Waals surface area contributed by atoms with E-state index in [0.29, 0.717) is 5.69 Å². The first-order chi connectivity index (χ1) is 10.7. The van der Waals surface area contributed by atoms with Crippen LogP contribution in [0, 0.1) is 0 Å². The van der Waals surface area contributed by atoms with E-state index < -0.39 is 0 Å². The largest absolute Gasteiger partial charge is 0.490 e. The summed E-state index contributed by atoms with van der Waals surface area (Å²) < 4.78 is 5.90. The topological polar surface area (TPSA) is 84.1 Å². The number of benzene rings is 1. The molecule has 1 aliphatic carbocycles. The van der Waals surface area contributed by atoms with Gasteiger partial charge in [0, 0.05) is 17.8 Å². The van der Waals surface area contributed by atoms with E-state index in [1.54, 1.807) is 12.1 Å². The first kappa shape index (κ1) is 14.3. The third-order valence-corrected chi connectivity index (χ3v) is 3.61. The lowest BCUT2D eigenvalue weighted by Crippen LogP contribution is -2.17. The number of nitrogens with one attached hydrogen (secondary N) is 2. The van der Waals surface area contributed by atoms with Crippen molar-refractivity contribution < 1.29 is 9.53 Å². The molecule has 1 heterocycles. The third-order valence-electron chi connectivity index (χ3n) is 3.61. The number of carbonyl (C=O) groups excluding carboxylic acids is 1. The van der Waals surface area contributed by atoms with Gasteiger partial charge < -0.3 is 10.1 Å². The molecule has 0 bridgehead atoms. The average molecular weight is 299 g/mol. The van der Waals surface area contributed by atoms with Crippen LogP contribution in [-0.2, 0) is 0 Å². The van der Waals surface area contributed by atoms with Gasteiger partial charge >= 0.3 is 0 Å². The van der Waals surface area contributed by atoms with Crippen LogP contribution >= 0.6 is 0 Å². The molecule has 1 amide bonds. The van der Waals surface area contributed by atoms with Gasteiger partial charge in [-0.05, 0) is 43.9 Å². The van der Waals surface area contributed by atoms with E-state index in [1.165, 1.54) is 25.0 Å². The van der Waals surface area contributed by atoms with Gasteiger partial charge in [-0.2, -0.15) is 5.10 Å². The van der Waals surface area contributed by atoms with E-state index in [1.807, 2.05) is 12.1 Å². The number of hydrogen-bond acceptors (Lipinski definition) is 4. The highest BCUT2D eigenvalue weighted by Crippen LogP contribution is 2.25. The predicted molar refractivity (Wildman–Crippen MR) is 82.1 cm³/mol. The normalized spacial score (nSPS) is 14.7. The van der Waals surface area contributed by atoms with Crippen molar-refractivity contribution in [2.45, 2.75) is 31.8 Å². The Balaban J connectivity index is 1.67. The van der Waals surface area contributed by atoms with Crippen LogP contribution in [0.4, 0.5) is 5.69 Å². The highest BCUT2D eigenvalue weighted by Gasteiger charge is 2.16. The van der Waals surface area contributed by atoms with Crippen LogP contribution in [-0.4, -0.2) is 22.2 Å². The second-order valence-electron chi connectivity index (χ2n) is 5.31. The van der Waals surface area contributed by atoms with E-state index in [2.05, 4.69) is 15.5 Å². The number of carbonyl (C=O) groups is 1. The Bertz CT molecular complexity index is 700. The second-order valence-corrected chi connectivity index (χ2v) is 5.31. The maximum Gasteiger partial charge on any atom is 0.276 e. The van der Waals surface area contributed by atoms with Crippen LogP contribution in [0.3, 0.4) is 0 Å². The van der Waals surface area contributed by atoms with E-state index >= 15 is 0 Å². The fraction of sp³-hybridized carbons (Fsp3) is 0.312. The minimum absolute atomic E-state index is 0.154. The highest BCUT2D eigenvalue weighted by molar-refractivity contribution is 6.02. The van der Waals surface area contributed by atoms with Crippen LogP contribution < -0.4 is 15.6 Å². The molecule has 0 unspecified atom stereocenters. The molecule has 114 valence electrons. The summed E-state index contributed by atoms with van der Waals surface area (Å²) in [5.74, 6) is 0.369. The molecule has 0 aliphatic heterocycles. The standard InChI is InChI=1S/C16H17N3O3/c20-15-9-8-14(18-19-15)16(21)17-11-4-3-7-13(10-11)22-12-5-1-2-6-12/h3-4,7-10,12H,1-2,5-6H2,(H,17,21)(H,19,20). The number of aromatic amines is 1. The molecule has 1 aromatic carbocycles. The van der Waals surface area contributed by atoms with Crippen LogP contribution in [0.25, 0.3) is 0 Å². The Morgan fingerprint density at radius 3 is 2.77 bits per heavy atom. The molecule has 0 spiro atoms. The Kier molecular flexibility index (Phi) is 4.18. The first-order valence-corrected chi connectivity index (χ1v) is 7.34. The fourth-order valence-electron chi connectivity index (χ4n) is 2.51. The van der Waals surface area contributed by atoms with E-state index in [4.69, 9.17) is 4.74 Å². The van der Waals surface area contributed by atoms with Gasteiger partial charge in [0.25, 0.3) is 11.5 Å². The summed E-state index contributed by atoms with van der Waals surface area (Å²) in [5.41, 5.74) is 0.443. The van der Waals surface area contributed by atoms with Crippen LogP contribution in [0.5, 0.6) is 5.75 Å². The van der Waals surface area contributed by atoms with Crippen molar-refractivity contribution in [1.82, 2.24) is 10.2 Å². The van der Waals surface area contributed by atoms with Crippen molar-refractivity contribution in [2.24, 2.45) is 0 Å². The Labute approximate surface area is 127 Å². The third kappa shape index (κ3) is 3.52. The maximum atomic E-state index is 12.0. The molecular weight excluding hydrogens is 282 g/mol. The van der Waals surface area contributed by atoms with Crippen molar-refractivity contribution in [1.29, 1.82) is 0 Å². The summed E-state index contributed by atoms with van der Waals surface area (Å²) in [6.45, 7) is 0. The van der Waals surface area contributed by atoms with Gasteiger partial charge in [0.15, 0.2) is 0 Å². The van der Waals surface area contributed by atoms with Crippen molar-refractivity contribution in [2.75, 3.05) is 5.32 Å². The Morgan fingerprint density at radius 1 is 1.23 bits per heavy atom. The fourth-order valence-corrected chi connectivity index (χ4v) is 2.51. The van der Waals surface area contributed by atoms with E-state index in [-0.39, 0.29) is 23.3 Å². The van der Waals surface area contributed by atoms with Gasteiger partial charge in [-0.15, -0.1) is 0 Å². The summed E-state index contributed by atoms with van der Waals surface area (Å²) in [6, 6.07) is 9.94. The molecule has 22 heavy (non-hydrogen) atoms. The second kappa shape index (κ2) is 6.43. The van der Waals surface area contributed by atoms with Crippen molar-refractivity contribution >= 4 is 11.6 Å². The zero-order valence-electron chi connectivity index (χ0n) is 12.0. The summed E-state index contributed by atoms with van der Waals surface area (Å²) in [4.78, 5) is 23.0. The Morgan fingerprint density at radius 2 is 2.05 bits per heavy atom. The van der Waals surface area contributed by atoms with Crippen LogP contribution in [0.1, 0.15) is 36.2 Å². The molecular formula is C16H17N3O3. The predicted octanol–water partition coefficient (Wildman–Crippen LogP) is 2.34. The molecule has 2 aromatic rings. The van der Waals surface area contributed by atoms with Gasteiger partial charge in [0.1, 0.15) is 11.4 Å². The van der Waals surface area contributed by atoms with Gasteiger partial charge in [-0.3, -0.25) is 9.59 Å². The number of rotatable bonds is 4. The van der Waals surface area contributed by atoms with Crippen LogP contribution in [0.15, 0.2) is 41.2 Å². The van der Waals surface area contributed by atoms with Crippen molar-refractivity contribution in [3.05, 3.63) is 52.4 Å². The molecule has 3 rings (SSSR count). The first-order valence-electron chi connectivity index (χ1n) is 7.34. The minimum atomic E-state index is -0.380. The summed E-state index contributed by atoms with van der Waals surface area (Å²) in [6.07, 6.45) is 4.85. The molecule has 1 aliphatic rings. The molecule has 0 saturated heterocycles. The number of amides is 1. The molecule has 6 nitrogen and oxygen atoms in total. The lowest BCUT2D eigenvalue weighted by Gasteiger charge is -2.14. The molecule has 1 aromatic heterocycles. The molecule has 6 heteroatoms. The van der Waals surface area contributed by atoms with Crippen molar-refractivity contribution in [3.8, 4) is 5.75 Å². The minimum Gasteiger partial charge on any atom is -0.490 e. The monoisotopic (exact) mass is 299 g/mol. The number of anilines is 1. The number of aromatic nitrogens is 2.